The van der Waals surface area contributed by atoms with Crippen LogP contribution in [0.25, 0.3) is 0 Å². The Labute approximate surface area is 120 Å². The van der Waals surface area contributed by atoms with E-state index in [2.05, 4.69) is 5.32 Å². The van der Waals surface area contributed by atoms with Crippen LogP contribution in [0.15, 0.2) is 12.1 Å². The smallest absolute Gasteiger partial charge is 0.326 e. The van der Waals surface area contributed by atoms with Gasteiger partial charge in [-0.15, -0.1) is 11.3 Å². The van der Waals surface area contributed by atoms with Gasteiger partial charge in [0.2, 0.25) is 0 Å². The Bertz CT molecular complexity index is 491. The molecule has 7 heteroatoms. The zero-order chi connectivity index (χ0) is 14.0. The Morgan fingerprint density at radius 1 is 1.58 bits per heavy atom. The minimum absolute atomic E-state index is 0.0144. The van der Waals surface area contributed by atoms with E-state index in [0.29, 0.717) is 17.4 Å². The van der Waals surface area contributed by atoms with Crippen molar-refractivity contribution >= 4 is 34.9 Å². The number of hydrogen-bond acceptors (Lipinski definition) is 3. The minimum Gasteiger partial charge on any atom is -0.480 e. The number of nitrogens with one attached hydrogen (secondary N) is 1. The van der Waals surface area contributed by atoms with Crippen LogP contribution in [-0.4, -0.2) is 34.6 Å². The highest BCUT2D eigenvalue weighted by atomic mass is 35.5. The van der Waals surface area contributed by atoms with Gasteiger partial charge in [0.25, 0.3) is 0 Å². The number of thiophene rings is 1. The van der Waals surface area contributed by atoms with Gasteiger partial charge in [0.1, 0.15) is 6.04 Å². The molecule has 5 nitrogen and oxygen atoms in total. The second-order valence-corrected chi connectivity index (χ2v) is 6.41. The third kappa shape index (κ3) is 3.19. The molecule has 2 amide bonds. The van der Waals surface area contributed by atoms with Gasteiger partial charge in [0, 0.05) is 11.4 Å². The molecule has 1 saturated heterocycles. The van der Waals surface area contributed by atoms with E-state index in [1.54, 1.807) is 6.07 Å². The molecule has 1 aliphatic rings. The average molecular weight is 303 g/mol. The number of aliphatic carboxylic acids is 1. The lowest BCUT2D eigenvalue weighted by Crippen LogP contribution is -2.47. The van der Waals surface area contributed by atoms with Crippen molar-refractivity contribution in [3.63, 3.8) is 0 Å². The lowest BCUT2D eigenvalue weighted by molar-refractivity contribution is -0.142. The Morgan fingerprint density at radius 3 is 2.89 bits per heavy atom. The first kappa shape index (κ1) is 14.1. The molecule has 0 aliphatic carbocycles. The molecule has 0 radical (unpaired) electrons. The van der Waals surface area contributed by atoms with Crippen molar-refractivity contribution in [3.8, 4) is 0 Å². The first-order valence-corrected chi connectivity index (χ1v) is 7.20. The summed E-state index contributed by atoms with van der Waals surface area (Å²) in [4.78, 5) is 25.5. The molecular weight excluding hydrogens is 288 g/mol. The second kappa shape index (κ2) is 5.79. The molecule has 0 spiro atoms. The summed E-state index contributed by atoms with van der Waals surface area (Å²) in [5, 5.41) is 11.9. The van der Waals surface area contributed by atoms with Crippen LogP contribution in [0.2, 0.25) is 4.34 Å². The zero-order valence-electron chi connectivity index (χ0n) is 10.4. The molecule has 1 fully saturated rings. The quantitative estimate of drug-likeness (QED) is 0.901. The van der Waals surface area contributed by atoms with E-state index < -0.39 is 12.0 Å². The maximum absolute atomic E-state index is 12.0. The summed E-state index contributed by atoms with van der Waals surface area (Å²) in [5.41, 5.74) is 0. The van der Waals surface area contributed by atoms with Crippen LogP contribution in [0.1, 0.15) is 18.2 Å². The summed E-state index contributed by atoms with van der Waals surface area (Å²) >= 11 is 7.20. The molecule has 0 aromatic carbocycles. The molecule has 0 bridgehead atoms. The van der Waals surface area contributed by atoms with Gasteiger partial charge >= 0.3 is 12.0 Å². The lowest BCUT2D eigenvalue weighted by atomic mass is 10.0. The Morgan fingerprint density at radius 2 is 2.32 bits per heavy atom. The van der Waals surface area contributed by atoms with Crippen molar-refractivity contribution in [1.29, 1.82) is 0 Å². The topological polar surface area (TPSA) is 69.6 Å². The van der Waals surface area contributed by atoms with Gasteiger partial charge in [-0.05, 0) is 24.5 Å². The van der Waals surface area contributed by atoms with Crippen molar-refractivity contribution in [2.45, 2.75) is 25.9 Å². The Hall–Kier alpha value is -1.27. The fourth-order valence-corrected chi connectivity index (χ4v) is 3.29. The van der Waals surface area contributed by atoms with Crippen LogP contribution in [0, 0.1) is 5.92 Å². The standard InChI is InChI=1S/C12H15ClN2O3S/c1-7-4-5-15(10(7)11(16)17)12(18)14-6-8-2-3-9(13)19-8/h2-3,7,10H,4-6H2,1H3,(H,14,18)(H,16,17). The monoisotopic (exact) mass is 302 g/mol. The summed E-state index contributed by atoms with van der Waals surface area (Å²) in [6.07, 6.45) is 0.717. The molecule has 2 atom stereocenters. The number of nitrogens with zero attached hydrogens (tertiary/aromatic N) is 1. The zero-order valence-corrected chi connectivity index (χ0v) is 12.0. The van der Waals surface area contributed by atoms with Gasteiger partial charge in [0.15, 0.2) is 0 Å². The number of amides is 2. The van der Waals surface area contributed by atoms with E-state index in [4.69, 9.17) is 16.7 Å². The number of urea groups is 1. The third-order valence-corrected chi connectivity index (χ3v) is 4.49. The van der Waals surface area contributed by atoms with Crippen LogP contribution in [0.3, 0.4) is 0 Å². The van der Waals surface area contributed by atoms with Gasteiger partial charge in [-0.1, -0.05) is 18.5 Å². The highest BCUT2D eigenvalue weighted by Crippen LogP contribution is 2.25. The normalized spacial score (nSPS) is 22.5. The fourth-order valence-electron chi connectivity index (χ4n) is 2.26. The minimum atomic E-state index is -0.945. The Kier molecular flexibility index (Phi) is 4.31. The van der Waals surface area contributed by atoms with Gasteiger partial charge in [-0.3, -0.25) is 0 Å². The molecule has 1 aromatic rings. The molecule has 2 heterocycles. The largest absolute Gasteiger partial charge is 0.480 e. The van der Waals surface area contributed by atoms with Gasteiger partial charge in [-0.25, -0.2) is 9.59 Å². The van der Waals surface area contributed by atoms with Gasteiger partial charge in [-0.2, -0.15) is 0 Å². The predicted octanol–water partition coefficient (Wildman–Crippen LogP) is 2.41. The van der Waals surface area contributed by atoms with E-state index in [1.807, 2.05) is 13.0 Å². The van der Waals surface area contributed by atoms with Crippen molar-refractivity contribution in [3.05, 3.63) is 21.3 Å². The van der Waals surface area contributed by atoms with Crippen LogP contribution in [0.5, 0.6) is 0 Å². The molecule has 1 aromatic heterocycles. The summed E-state index contributed by atoms with van der Waals surface area (Å²) in [6.45, 7) is 2.70. The van der Waals surface area contributed by atoms with Gasteiger partial charge in [0.05, 0.1) is 10.9 Å². The number of halogens is 1. The van der Waals surface area contributed by atoms with Crippen molar-refractivity contribution in [2.24, 2.45) is 5.92 Å². The van der Waals surface area contributed by atoms with Crippen LogP contribution < -0.4 is 5.32 Å². The first-order valence-electron chi connectivity index (χ1n) is 6.00. The second-order valence-electron chi connectivity index (χ2n) is 4.61. The van der Waals surface area contributed by atoms with E-state index in [-0.39, 0.29) is 11.9 Å². The van der Waals surface area contributed by atoms with Crippen LogP contribution in [0.4, 0.5) is 4.79 Å². The fraction of sp³-hybridized carbons (Fsp3) is 0.500. The molecule has 19 heavy (non-hydrogen) atoms. The highest BCUT2D eigenvalue weighted by Gasteiger charge is 2.39. The number of hydrogen-bond donors (Lipinski definition) is 2. The van der Waals surface area contributed by atoms with E-state index in [1.165, 1.54) is 16.2 Å². The predicted molar refractivity (Wildman–Crippen MR) is 73.5 cm³/mol. The van der Waals surface area contributed by atoms with E-state index >= 15 is 0 Å². The lowest BCUT2D eigenvalue weighted by Gasteiger charge is -2.23. The number of carbonyl (C=O) groups is 2. The number of carboxylic acid groups (broad SMARTS) is 1. The molecule has 2 N–H and O–H groups in total. The van der Waals surface area contributed by atoms with Crippen molar-refractivity contribution < 1.29 is 14.7 Å². The number of carboxylic acids is 1. The van der Waals surface area contributed by atoms with Crippen molar-refractivity contribution in [1.82, 2.24) is 10.2 Å². The summed E-state index contributed by atoms with van der Waals surface area (Å²) in [5.74, 6) is -0.959. The average Bonchev–Trinajstić information content (AvgIpc) is 2.92. The highest BCUT2D eigenvalue weighted by molar-refractivity contribution is 7.16. The van der Waals surface area contributed by atoms with E-state index in [0.717, 1.165) is 11.3 Å². The first-order chi connectivity index (χ1) is 8.99. The summed E-state index contributed by atoms with van der Waals surface area (Å²) < 4.78 is 0.669. The molecule has 2 unspecified atom stereocenters. The number of likely N-dealkylation sites (tertiary alicyclic amines) is 1. The van der Waals surface area contributed by atoms with E-state index in [9.17, 15) is 9.59 Å². The SMILES string of the molecule is CC1CCN(C(=O)NCc2ccc(Cl)s2)C1C(=O)O. The molecule has 104 valence electrons. The number of rotatable bonds is 3. The van der Waals surface area contributed by atoms with Gasteiger partial charge < -0.3 is 15.3 Å². The summed E-state index contributed by atoms with van der Waals surface area (Å²) in [6, 6.07) is 2.55. The third-order valence-electron chi connectivity index (χ3n) is 3.26. The maximum Gasteiger partial charge on any atom is 0.326 e. The van der Waals surface area contributed by atoms with Crippen LogP contribution >= 0.6 is 22.9 Å². The maximum atomic E-state index is 12.0. The van der Waals surface area contributed by atoms with Crippen molar-refractivity contribution in [2.75, 3.05) is 6.54 Å². The van der Waals surface area contributed by atoms with Crippen LogP contribution in [-0.2, 0) is 11.3 Å². The Balaban J connectivity index is 1.94. The molecule has 2 rings (SSSR count). The summed E-state index contributed by atoms with van der Waals surface area (Å²) in [7, 11) is 0. The molecule has 0 saturated carbocycles. The number of carbonyl (C=O) groups excluding carboxylic acids is 1. The molecular formula is C12H15ClN2O3S. The molecule has 1 aliphatic heterocycles.